The summed E-state index contributed by atoms with van der Waals surface area (Å²) >= 11 is 1.58. The van der Waals surface area contributed by atoms with E-state index < -0.39 is 0 Å². The van der Waals surface area contributed by atoms with Gasteiger partial charge in [-0.2, -0.15) is 0 Å². The molecule has 35 heavy (non-hydrogen) atoms. The number of methoxy groups -OCH3 is 1. The van der Waals surface area contributed by atoms with E-state index in [1.54, 1.807) is 40.4 Å². The van der Waals surface area contributed by atoms with Crippen LogP contribution < -0.4 is 0 Å². The number of carbonyl (C=O) groups excluding carboxylic acids is 2. The molecule has 3 aromatic rings. The lowest BCUT2D eigenvalue weighted by Gasteiger charge is -2.30. The Morgan fingerprint density at radius 3 is 2.34 bits per heavy atom. The number of hydrogen-bond acceptors (Lipinski definition) is 4. The minimum absolute atomic E-state index is 0.0154. The number of nitrogens with zero attached hydrogens (tertiary/aromatic N) is 2. The standard InChI is InChI=1S/C28H33FN2O3S/c1-3-26(23-9-5-4-6-10-23)28(33)30(16-8-17-34-2)21-27(32)31(20-25-11-7-18-35-25)19-22-12-14-24(29)15-13-22/h4-7,9-15,18,26H,3,8,16-17,19-21H2,1-2H3. The van der Waals surface area contributed by atoms with Gasteiger partial charge < -0.3 is 14.5 Å². The second kappa shape index (κ2) is 13.8. The van der Waals surface area contributed by atoms with Crippen molar-refractivity contribution in [3.8, 4) is 0 Å². The SMILES string of the molecule is CCC(C(=O)N(CCCOC)CC(=O)N(Cc1ccc(F)cc1)Cc1cccs1)c1ccccc1. The first kappa shape index (κ1) is 26.6. The molecule has 1 unspecified atom stereocenters. The first-order chi connectivity index (χ1) is 17.0. The topological polar surface area (TPSA) is 49.9 Å². The molecule has 0 aliphatic carbocycles. The molecule has 1 atom stereocenters. The van der Waals surface area contributed by atoms with Crippen LogP contribution in [0.1, 0.15) is 41.7 Å². The van der Waals surface area contributed by atoms with Gasteiger partial charge in [-0.1, -0.05) is 55.5 Å². The Morgan fingerprint density at radius 1 is 0.971 bits per heavy atom. The van der Waals surface area contributed by atoms with Crippen LogP contribution in [0.4, 0.5) is 4.39 Å². The van der Waals surface area contributed by atoms with E-state index in [-0.39, 0.29) is 30.1 Å². The van der Waals surface area contributed by atoms with Gasteiger partial charge in [-0.05, 0) is 47.5 Å². The lowest BCUT2D eigenvalue weighted by molar-refractivity contribution is -0.142. The molecular formula is C28H33FN2O3S. The fourth-order valence-corrected chi connectivity index (χ4v) is 4.74. The van der Waals surface area contributed by atoms with Crippen LogP contribution in [0.15, 0.2) is 72.1 Å². The van der Waals surface area contributed by atoms with E-state index in [9.17, 15) is 14.0 Å². The molecule has 0 radical (unpaired) electrons. The average Bonchev–Trinajstić information content (AvgIpc) is 3.38. The van der Waals surface area contributed by atoms with Gasteiger partial charge in [0.2, 0.25) is 11.8 Å². The van der Waals surface area contributed by atoms with Crippen LogP contribution in [0.5, 0.6) is 0 Å². The first-order valence-corrected chi connectivity index (χ1v) is 12.8. The van der Waals surface area contributed by atoms with Gasteiger partial charge in [0.15, 0.2) is 0 Å². The number of halogens is 1. The highest BCUT2D eigenvalue weighted by atomic mass is 32.1. The molecule has 0 spiro atoms. The molecule has 2 amide bonds. The summed E-state index contributed by atoms with van der Waals surface area (Å²) < 4.78 is 18.6. The van der Waals surface area contributed by atoms with Crippen molar-refractivity contribution in [1.82, 2.24) is 9.80 Å². The van der Waals surface area contributed by atoms with Crippen LogP contribution >= 0.6 is 11.3 Å². The Hall–Kier alpha value is -3.03. The summed E-state index contributed by atoms with van der Waals surface area (Å²) in [6, 6.07) is 19.8. The maximum atomic E-state index is 13.6. The molecule has 5 nitrogen and oxygen atoms in total. The van der Waals surface area contributed by atoms with Gasteiger partial charge in [-0.25, -0.2) is 4.39 Å². The summed E-state index contributed by atoms with van der Waals surface area (Å²) in [6.07, 6.45) is 1.29. The summed E-state index contributed by atoms with van der Waals surface area (Å²) in [7, 11) is 1.63. The molecule has 3 rings (SSSR count). The van der Waals surface area contributed by atoms with Gasteiger partial charge in [0.1, 0.15) is 5.82 Å². The Kier molecular flexibility index (Phi) is 10.4. The molecule has 1 aromatic heterocycles. The van der Waals surface area contributed by atoms with Gasteiger partial charge in [0.05, 0.1) is 19.0 Å². The zero-order valence-electron chi connectivity index (χ0n) is 20.4. The molecule has 0 N–H and O–H groups in total. The molecule has 0 saturated carbocycles. The average molecular weight is 497 g/mol. The van der Waals surface area contributed by atoms with Gasteiger partial charge in [0, 0.05) is 31.7 Å². The van der Waals surface area contributed by atoms with Crippen molar-refractivity contribution >= 4 is 23.2 Å². The molecule has 7 heteroatoms. The molecule has 0 aliphatic heterocycles. The number of thiophene rings is 1. The third kappa shape index (κ3) is 8.01. The van der Waals surface area contributed by atoms with Crippen LogP contribution in [-0.4, -0.2) is 48.4 Å². The van der Waals surface area contributed by atoms with Crippen molar-refractivity contribution in [3.05, 3.63) is 93.9 Å². The molecule has 0 bridgehead atoms. The highest BCUT2D eigenvalue weighted by molar-refractivity contribution is 7.09. The Bertz CT molecular complexity index is 1040. The van der Waals surface area contributed by atoms with Gasteiger partial charge in [0.25, 0.3) is 0 Å². The Labute approximate surface area is 211 Å². The van der Waals surface area contributed by atoms with Crippen LogP contribution in [0, 0.1) is 5.82 Å². The van der Waals surface area contributed by atoms with Crippen LogP contribution in [0.2, 0.25) is 0 Å². The highest BCUT2D eigenvalue weighted by Crippen LogP contribution is 2.23. The van der Waals surface area contributed by atoms with E-state index in [0.29, 0.717) is 39.1 Å². The highest BCUT2D eigenvalue weighted by Gasteiger charge is 2.27. The van der Waals surface area contributed by atoms with E-state index in [2.05, 4.69) is 0 Å². The minimum atomic E-state index is -0.314. The Balaban J connectivity index is 1.80. The minimum Gasteiger partial charge on any atom is -0.385 e. The smallest absolute Gasteiger partial charge is 0.242 e. The predicted molar refractivity (Wildman–Crippen MR) is 138 cm³/mol. The zero-order valence-corrected chi connectivity index (χ0v) is 21.2. The predicted octanol–water partition coefficient (Wildman–Crippen LogP) is 5.47. The zero-order chi connectivity index (χ0) is 25.0. The van der Waals surface area contributed by atoms with Crippen LogP contribution in [0.3, 0.4) is 0 Å². The quantitative estimate of drug-likeness (QED) is 0.295. The number of ether oxygens (including phenoxy) is 1. The summed E-state index contributed by atoms with van der Waals surface area (Å²) in [4.78, 5) is 31.6. The van der Waals surface area contributed by atoms with Crippen molar-refractivity contribution < 1.29 is 18.7 Å². The van der Waals surface area contributed by atoms with Crippen LogP contribution in [-0.2, 0) is 27.4 Å². The van der Waals surface area contributed by atoms with E-state index >= 15 is 0 Å². The van der Waals surface area contributed by atoms with Gasteiger partial charge >= 0.3 is 0 Å². The van der Waals surface area contributed by atoms with Crippen molar-refractivity contribution in [3.63, 3.8) is 0 Å². The van der Waals surface area contributed by atoms with Crippen molar-refractivity contribution in [2.75, 3.05) is 26.8 Å². The van der Waals surface area contributed by atoms with Crippen molar-refractivity contribution in [2.45, 2.75) is 38.8 Å². The molecule has 186 valence electrons. The summed E-state index contributed by atoms with van der Waals surface area (Å²) in [5.74, 6) is -0.821. The van der Waals surface area contributed by atoms with Crippen molar-refractivity contribution in [1.29, 1.82) is 0 Å². The fraction of sp³-hybridized carbons (Fsp3) is 0.357. The maximum Gasteiger partial charge on any atom is 0.242 e. The third-order valence-corrected chi connectivity index (χ3v) is 6.75. The molecule has 0 fully saturated rings. The van der Waals surface area contributed by atoms with E-state index in [4.69, 9.17) is 4.74 Å². The van der Waals surface area contributed by atoms with E-state index in [1.165, 1.54) is 12.1 Å². The molecule has 0 aliphatic rings. The number of rotatable bonds is 13. The maximum absolute atomic E-state index is 13.6. The molecule has 2 aromatic carbocycles. The first-order valence-electron chi connectivity index (χ1n) is 11.9. The van der Waals surface area contributed by atoms with Crippen molar-refractivity contribution in [2.24, 2.45) is 0 Å². The molecule has 0 saturated heterocycles. The number of carbonyl (C=O) groups is 2. The third-order valence-electron chi connectivity index (χ3n) is 5.89. The normalized spacial score (nSPS) is 11.7. The largest absolute Gasteiger partial charge is 0.385 e. The second-order valence-electron chi connectivity index (χ2n) is 8.43. The fourth-order valence-electron chi connectivity index (χ4n) is 4.02. The summed E-state index contributed by atoms with van der Waals surface area (Å²) in [5.41, 5.74) is 1.79. The lowest BCUT2D eigenvalue weighted by Crippen LogP contribution is -2.44. The number of hydrogen-bond donors (Lipinski definition) is 0. The van der Waals surface area contributed by atoms with E-state index in [0.717, 1.165) is 16.0 Å². The van der Waals surface area contributed by atoms with Crippen LogP contribution in [0.25, 0.3) is 0 Å². The lowest BCUT2D eigenvalue weighted by atomic mass is 9.95. The van der Waals surface area contributed by atoms with E-state index in [1.807, 2.05) is 54.8 Å². The molecular weight excluding hydrogens is 463 g/mol. The second-order valence-corrected chi connectivity index (χ2v) is 9.47. The number of benzene rings is 2. The van der Waals surface area contributed by atoms with Gasteiger partial charge in [-0.3, -0.25) is 9.59 Å². The monoisotopic (exact) mass is 496 g/mol. The Morgan fingerprint density at radius 2 is 1.71 bits per heavy atom. The summed E-state index contributed by atoms with van der Waals surface area (Å²) in [6.45, 7) is 3.69. The van der Waals surface area contributed by atoms with Gasteiger partial charge in [-0.15, -0.1) is 11.3 Å². The number of amides is 2. The molecule has 1 heterocycles. The summed E-state index contributed by atoms with van der Waals surface area (Å²) in [5, 5.41) is 1.97.